The SMILES string of the molecule is CC(C)(C)C1c2ccccc2CNc2cc(-c3ccc4c(c3)CNC3C5CCC(CC5)C3C4C(C)(C)C)ccc21. The largest absolute Gasteiger partial charge is 0.381 e. The Morgan fingerprint density at radius 3 is 2.02 bits per heavy atom. The maximum Gasteiger partial charge on any atom is 0.0403 e. The molecule has 0 radical (unpaired) electrons. The number of benzene rings is 3. The first-order chi connectivity index (χ1) is 19.1. The standard InChI is InChI=1S/C38H48N2/c1-37(2,3)34-29-10-8-7-9-27(29)21-39-32-20-26(16-18-31(32)34)25-15-17-30-28(19-25)22-40-36-24-13-11-23(12-14-24)33(36)35(30)38(4,5)6/h7-10,15-20,23-24,33-36,39-40H,11-14,21-22H2,1-6H3. The predicted molar refractivity (Wildman–Crippen MR) is 169 cm³/mol. The summed E-state index contributed by atoms with van der Waals surface area (Å²) in [5.74, 6) is 3.50. The van der Waals surface area contributed by atoms with Gasteiger partial charge in [-0.3, -0.25) is 0 Å². The van der Waals surface area contributed by atoms with Gasteiger partial charge in [0.1, 0.15) is 0 Å². The normalized spacial score (nSPS) is 29.2. The number of hydrogen-bond acceptors (Lipinski definition) is 2. The van der Waals surface area contributed by atoms with Crippen molar-refractivity contribution in [2.24, 2.45) is 28.6 Å². The predicted octanol–water partition coefficient (Wildman–Crippen LogP) is 9.49. The van der Waals surface area contributed by atoms with Crippen molar-refractivity contribution in [2.45, 2.75) is 98.2 Å². The lowest BCUT2D eigenvalue weighted by molar-refractivity contribution is 0.0118. The highest BCUT2D eigenvalue weighted by Crippen LogP contribution is 2.57. The molecule has 40 heavy (non-hydrogen) atoms. The lowest BCUT2D eigenvalue weighted by atomic mass is 9.53. The van der Waals surface area contributed by atoms with E-state index in [-0.39, 0.29) is 10.8 Å². The van der Waals surface area contributed by atoms with Gasteiger partial charge >= 0.3 is 0 Å². The Hall–Kier alpha value is -2.58. The van der Waals surface area contributed by atoms with E-state index >= 15 is 0 Å². The first-order valence-electron chi connectivity index (χ1n) is 15.9. The zero-order valence-corrected chi connectivity index (χ0v) is 25.5. The molecule has 2 N–H and O–H groups in total. The summed E-state index contributed by atoms with van der Waals surface area (Å²) < 4.78 is 0. The van der Waals surface area contributed by atoms with E-state index in [2.05, 4.69) is 113 Å². The minimum atomic E-state index is 0.131. The molecule has 2 aliphatic heterocycles. The minimum Gasteiger partial charge on any atom is -0.381 e. The molecular formula is C38H48N2. The van der Waals surface area contributed by atoms with Gasteiger partial charge in [0.15, 0.2) is 0 Å². The van der Waals surface area contributed by atoms with E-state index in [1.54, 1.807) is 5.56 Å². The van der Waals surface area contributed by atoms with Crippen molar-refractivity contribution in [3.05, 3.63) is 88.5 Å². The van der Waals surface area contributed by atoms with Crippen LogP contribution in [0.2, 0.25) is 0 Å². The molecule has 0 saturated heterocycles. The van der Waals surface area contributed by atoms with Crippen molar-refractivity contribution in [1.82, 2.24) is 5.32 Å². The summed E-state index contributed by atoms with van der Waals surface area (Å²) in [5, 5.41) is 7.96. The van der Waals surface area contributed by atoms with Crippen LogP contribution in [0.5, 0.6) is 0 Å². The number of hydrogen-bond donors (Lipinski definition) is 2. The van der Waals surface area contributed by atoms with Crippen molar-refractivity contribution in [3.63, 3.8) is 0 Å². The summed E-state index contributed by atoms with van der Waals surface area (Å²) in [4.78, 5) is 0. The van der Waals surface area contributed by atoms with Crippen LogP contribution in [0.25, 0.3) is 11.1 Å². The third kappa shape index (κ3) is 4.33. The summed E-state index contributed by atoms with van der Waals surface area (Å²) in [5.41, 5.74) is 11.8. The highest BCUT2D eigenvalue weighted by Gasteiger charge is 2.51. The van der Waals surface area contributed by atoms with Crippen LogP contribution in [0.4, 0.5) is 5.69 Å². The Labute approximate surface area is 242 Å². The quantitative estimate of drug-likeness (QED) is 0.326. The molecule has 2 nitrogen and oxygen atoms in total. The maximum absolute atomic E-state index is 4.13. The molecule has 210 valence electrons. The van der Waals surface area contributed by atoms with Crippen LogP contribution in [-0.4, -0.2) is 6.04 Å². The number of fused-ring (bicyclic) bond motifs is 5. The summed E-state index contributed by atoms with van der Waals surface area (Å²) in [7, 11) is 0. The summed E-state index contributed by atoms with van der Waals surface area (Å²) >= 11 is 0. The van der Waals surface area contributed by atoms with Crippen molar-refractivity contribution < 1.29 is 0 Å². The second-order valence-corrected chi connectivity index (χ2v) is 15.6. The summed E-state index contributed by atoms with van der Waals surface area (Å²) in [6.45, 7) is 16.5. The molecule has 0 aromatic heterocycles. The Balaban J connectivity index is 1.28. The Bertz CT molecular complexity index is 1410. The van der Waals surface area contributed by atoms with E-state index in [9.17, 15) is 0 Å². The van der Waals surface area contributed by atoms with Crippen molar-refractivity contribution in [1.29, 1.82) is 0 Å². The molecule has 2 heterocycles. The van der Waals surface area contributed by atoms with Crippen LogP contribution >= 0.6 is 0 Å². The van der Waals surface area contributed by atoms with E-state index in [4.69, 9.17) is 0 Å². The fraction of sp³-hybridized carbons (Fsp3) is 0.526. The molecule has 8 rings (SSSR count). The van der Waals surface area contributed by atoms with Gasteiger partial charge in [-0.2, -0.15) is 0 Å². The smallest absolute Gasteiger partial charge is 0.0403 e. The molecule has 4 unspecified atom stereocenters. The molecule has 5 aliphatic rings. The van der Waals surface area contributed by atoms with Gasteiger partial charge in [0.25, 0.3) is 0 Å². The van der Waals surface area contributed by atoms with Gasteiger partial charge in [0.2, 0.25) is 0 Å². The van der Waals surface area contributed by atoms with Crippen molar-refractivity contribution in [2.75, 3.05) is 5.32 Å². The van der Waals surface area contributed by atoms with Crippen LogP contribution in [0.3, 0.4) is 0 Å². The second kappa shape index (κ2) is 9.48. The van der Waals surface area contributed by atoms with E-state index < -0.39 is 0 Å². The van der Waals surface area contributed by atoms with Crippen LogP contribution in [-0.2, 0) is 13.1 Å². The molecule has 4 atom stereocenters. The Morgan fingerprint density at radius 1 is 0.625 bits per heavy atom. The zero-order chi connectivity index (χ0) is 27.8. The van der Waals surface area contributed by atoms with Gasteiger partial charge < -0.3 is 10.6 Å². The number of nitrogens with one attached hydrogen (secondary N) is 2. The van der Waals surface area contributed by atoms with Gasteiger partial charge in [-0.1, -0.05) is 90.1 Å². The zero-order valence-electron chi connectivity index (χ0n) is 25.5. The third-order valence-corrected chi connectivity index (χ3v) is 11.0. The molecule has 3 aromatic rings. The molecule has 0 spiro atoms. The fourth-order valence-electron chi connectivity index (χ4n) is 9.41. The number of rotatable bonds is 1. The van der Waals surface area contributed by atoms with Gasteiger partial charge in [-0.05, 0) is 111 Å². The van der Waals surface area contributed by atoms with Crippen LogP contribution in [0.1, 0.15) is 107 Å². The molecule has 3 aromatic carbocycles. The molecule has 2 heteroatoms. The Morgan fingerprint density at radius 2 is 1.30 bits per heavy atom. The topological polar surface area (TPSA) is 24.1 Å². The monoisotopic (exact) mass is 532 g/mol. The lowest BCUT2D eigenvalue weighted by Gasteiger charge is -2.53. The molecule has 3 saturated carbocycles. The highest BCUT2D eigenvalue weighted by molar-refractivity contribution is 5.73. The van der Waals surface area contributed by atoms with Gasteiger partial charge in [0, 0.05) is 30.7 Å². The van der Waals surface area contributed by atoms with E-state index in [0.717, 1.165) is 30.8 Å². The van der Waals surface area contributed by atoms with Gasteiger partial charge in [-0.25, -0.2) is 0 Å². The summed E-state index contributed by atoms with van der Waals surface area (Å²) in [6, 6.07) is 24.4. The lowest BCUT2D eigenvalue weighted by Crippen LogP contribution is -2.53. The molecule has 0 amide bonds. The Kier molecular flexibility index (Phi) is 6.24. The molecular weight excluding hydrogens is 484 g/mol. The fourth-order valence-corrected chi connectivity index (χ4v) is 9.41. The van der Waals surface area contributed by atoms with Gasteiger partial charge in [-0.15, -0.1) is 0 Å². The molecule has 3 aliphatic carbocycles. The average Bonchev–Trinajstić information content (AvgIpc) is 3.22. The van der Waals surface area contributed by atoms with Crippen molar-refractivity contribution >= 4 is 5.69 Å². The number of anilines is 1. The van der Waals surface area contributed by atoms with Crippen molar-refractivity contribution in [3.8, 4) is 11.1 Å². The van der Waals surface area contributed by atoms with Crippen LogP contribution in [0, 0.1) is 28.6 Å². The van der Waals surface area contributed by atoms with Crippen LogP contribution in [0.15, 0.2) is 60.7 Å². The minimum absolute atomic E-state index is 0.131. The van der Waals surface area contributed by atoms with E-state index in [1.165, 1.54) is 64.8 Å². The van der Waals surface area contributed by atoms with Gasteiger partial charge in [0.05, 0.1) is 0 Å². The summed E-state index contributed by atoms with van der Waals surface area (Å²) in [6.07, 6.45) is 5.74. The first-order valence-corrected chi connectivity index (χ1v) is 15.9. The van der Waals surface area contributed by atoms with Crippen LogP contribution < -0.4 is 10.6 Å². The molecule has 2 bridgehead atoms. The van der Waals surface area contributed by atoms with E-state index in [0.29, 0.717) is 17.9 Å². The maximum atomic E-state index is 4.13. The second-order valence-electron chi connectivity index (χ2n) is 15.6. The average molecular weight is 533 g/mol. The first kappa shape index (κ1) is 26.3. The van der Waals surface area contributed by atoms with E-state index in [1.807, 2.05) is 0 Å². The molecule has 3 fully saturated rings. The highest BCUT2D eigenvalue weighted by atomic mass is 15.0. The third-order valence-electron chi connectivity index (χ3n) is 11.0.